The molecule has 0 aliphatic heterocycles. The van der Waals surface area contributed by atoms with E-state index in [-0.39, 0.29) is 5.78 Å². The number of hydrogen-bond acceptors (Lipinski definition) is 4. The molecule has 0 aliphatic rings. The van der Waals surface area contributed by atoms with Gasteiger partial charge in [0.1, 0.15) is 6.33 Å². The third kappa shape index (κ3) is 1.68. The molecule has 0 amide bonds. The Morgan fingerprint density at radius 2 is 2.50 bits per heavy atom. The molecule has 0 saturated carbocycles. The summed E-state index contributed by atoms with van der Waals surface area (Å²) in [5.74, 6) is 0.392. The normalized spacial score (nSPS) is 10.2. The highest BCUT2D eigenvalue weighted by molar-refractivity contribution is 5.94. The lowest BCUT2D eigenvalue weighted by molar-refractivity contribution is 0.0978. The summed E-state index contributed by atoms with van der Waals surface area (Å²) >= 11 is 0. The van der Waals surface area contributed by atoms with Gasteiger partial charge in [0.25, 0.3) is 0 Å². The molecule has 0 fully saturated rings. The molecule has 0 spiro atoms. The monoisotopic (exact) mass is 168 g/mol. The maximum atomic E-state index is 11.3. The highest BCUT2D eigenvalue weighted by Crippen LogP contribution is 1.94. The predicted molar refractivity (Wildman–Crippen MR) is 44.0 cm³/mol. The first-order valence-electron chi connectivity index (χ1n) is 3.85. The van der Waals surface area contributed by atoms with Gasteiger partial charge in [0.15, 0.2) is 5.82 Å². The third-order valence-electron chi connectivity index (χ3n) is 1.50. The molecule has 0 radical (unpaired) electrons. The van der Waals surface area contributed by atoms with E-state index < -0.39 is 0 Å². The minimum atomic E-state index is -0.0307. The zero-order chi connectivity index (χ0) is 8.97. The molecule has 0 bridgehead atoms. The first kappa shape index (κ1) is 8.86. The lowest BCUT2D eigenvalue weighted by Gasteiger charge is -2.00. The van der Waals surface area contributed by atoms with Crippen LogP contribution in [-0.4, -0.2) is 34.1 Å². The number of aryl methyl sites for hydroxylation is 1. The molecule has 0 aromatic carbocycles. The maximum absolute atomic E-state index is 11.3. The summed E-state index contributed by atoms with van der Waals surface area (Å²) in [6, 6.07) is 0. The molecule has 5 nitrogen and oxygen atoms in total. The van der Waals surface area contributed by atoms with E-state index in [0.717, 1.165) is 0 Å². The van der Waals surface area contributed by atoms with Gasteiger partial charge >= 0.3 is 0 Å². The molecule has 12 heavy (non-hydrogen) atoms. The van der Waals surface area contributed by atoms with Crippen LogP contribution >= 0.6 is 0 Å². The highest BCUT2D eigenvalue weighted by Gasteiger charge is 2.10. The van der Waals surface area contributed by atoms with Crippen LogP contribution in [0.5, 0.6) is 0 Å². The Labute approximate surface area is 70.8 Å². The van der Waals surface area contributed by atoms with Gasteiger partial charge in [-0.1, -0.05) is 0 Å². The number of ketones is 1. The van der Waals surface area contributed by atoms with E-state index in [0.29, 0.717) is 18.9 Å². The van der Waals surface area contributed by atoms with Crippen LogP contribution in [0.25, 0.3) is 0 Å². The molecule has 0 aliphatic carbocycles. The topological polar surface area (TPSA) is 59.8 Å². The second kappa shape index (κ2) is 3.96. The molecule has 0 saturated heterocycles. The van der Waals surface area contributed by atoms with Gasteiger partial charge in [0, 0.05) is 6.54 Å². The van der Waals surface area contributed by atoms with Crippen molar-refractivity contribution in [3.05, 3.63) is 12.2 Å². The second-order valence-electron chi connectivity index (χ2n) is 2.35. The van der Waals surface area contributed by atoms with E-state index in [1.165, 1.54) is 6.33 Å². The fourth-order valence-corrected chi connectivity index (χ4v) is 0.951. The van der Waals surface area contributed by atoms with E-state index in [4.69, 9.17) is 0 Å². The Hall–Kier alpha value is -1.23. The minimum Gasteiger partial charge on any atom is -0.313 e. The Kier molecular flexibility index (Phi) is 2.93. The number of hydrogen-bond donors (Lipinski definition) is 1. The van der Waals surface area contributed by atoms with Crippen molar-refractivity contribution in [2.75, 3.05) is 13.6 Å². The molecular weight excluding hydrogens is 156 g/mol. The van der Waals surface area contributed by atoms with Crippen LogP contribution in [0.3, 0.4) is 0 Å². The van der Waals surface area contributed by atoms with Crippen LogP contribution in [0.2, 0.25) is 0 Å². The summed E-state index contributed by atoms with van der Waals surface area (Å²) < 4.78 is 1.58. The van der Waals surface area contributed by atoms with Gasteiger partial charge in [-0.05, 0) is 14.0 Å². The molecule has 1 N–H and O–H groups in total. The van der Waals surface area contributed by atoms with Crippen molar-refractivity contribution in [1.82, 2.24) is 20.1 Å². The summed E-state index contributed by atoms with van der Waals surface area (Å²) in [4.78, 5) is 15.2. The van der Waals surface area contributed by atoms with Crippen molar-refractivity contribution in [1.29, 1.82) is 0 Å². The quantitative estimate of drug-likeness (QED) is 0.627. The van der Waals surface area contributed by atoms with Gasteiger partial charge in [0.05, 0.1) is 6.54 Å². The minimum absolute atomic E-state index is 0.0307. The lowest BCUT2D eigenvalue weighted by Crippen LogP contribution is -2.22. The molecule has 66 valence electrons. The van der Waals surface area contributed by atoms with Crippen LogP contribution in [0.4, 0.5) is 0 Å². The molecule has 1 rings (SSSR count). The fourth-order valence-electron chi connectivity index (χ4n) is 0.951. The van der Waals surface area contributed by atoms with Gasteiger partial charge in [0.2, 0.25) is 5.78 Å². The smallest absolute Gasteiger partial charge is 0.213 e. The molecule has 0 atom stereocenters. The van der Waals surface area contributed by atoms with E-state index in [2.05, 4.69) is 15.4 Å². The Morgan fingerprint density at radius 3 is 3.08 bits per heavy atom. The van der Waals surface area contributed by atoms with E-state index >= 15 is 0 Å². The van der Waals surface area contributed by atoms with Gasteiger partial charge in [-0.3, -0.25) is 4.79 Å². The van der Waals surface area contributed by atoms with Crippen LogP contribution in [-0.2, 0) is 6.54 Å². The first-order chi connectivity index (χ1) is 5.79. The Morgan fingerprint density at radius 1 is 1.75 bits per heavy atom. The summed E-state index contributed by atoms with van der Waals surface area (Å²) in [6.07, 6.45) is 1.40. The largest absolute Gasteiger partial charge is 0.313 e. The fraction of sp³-hybridized carbons (Fsp3) is 0.571. The average molecular weight is 168 g/mol. The predicted octanol–water partition coefficient (Wildman–Crippen LogP) is -0.300. The average Bonchev–Trinajstić information content (AvgIpc) is 2.51. The number of likely N-dealkylation sites (N-methyl/N-ethyl adjacent to an activating group) is 1. The maximum Gasteiger partial charge on any atom is 0.213 e. The van der Waals surface area contributed by atoms with Gasteiger partial charge in [-0.15, -0.1) is 0 Å². The van der Waals surface area contributed by atoms with E-state index in [9.17, 15) is 4.79 Å². The summed E-state index contributed by atoms with van der Waals surface area (Å²) in [5.41, 5.74) is 0. The van der Waals surface area contributed by atoms with Crippen molar-refractivity contribution in [3.63, 3.8) is 0 Å². The summed E-state index contributed by atoms with van der Waals surface area (Å²) in [5, 5.41) is 6.67. The van der Waals surface area contributed by atoms with Crippen LogP contribution in [0.1, 0.15) is 17.5 Å². The van der Waals surface area contributed by atoms with E-state index in [1.807, 2.05) is 6.92 Å². The number of carbonyl (C=O) groups is 1. The zero-order valence-electron chi connectivity index (χ0n) is 7.24. The molecule has 5 heteroatoms. The van der Waals surface area contributed by atoms with Gasteiger partial charge in [-0.25, -0.2) is 9.67 Å². The van der Waals surface area contributed by atoms with Crippen molar-refractivity contribution < 1.29 is 4.79 Å². The Balaban J connectivity index is 2.79. The molecular formula is C7H12N4O. The molecule has 1 heterocycles. The molecule has 1 aromatic rings. The number of Topliss-reactive ketones (excluding diaryl/α,β-unsaturated/α-hetero) is 1. The van der Waals surface area contributed by atoms with Crippen LogP contribution in [0.15, 0.2) is 6.33 Å². The second-order valence-corrected chi connectivity index (χ2v) is 2.35. The van der Waals surface area contributed by atoms with Crippen molar-refractivity contribution in [2.24, 2.45) is 0 Å². The number of nitrogens with one attached hydrogen (secondary N) is 1. The van der Waals surface area contributed by atoms with Crippen LogP contribution < -0.4 is 5.32 Å². The number of nitrogens with zero attached hydrogens (tertiary/aromatic N) is 3. The van der Waals surface area contributed by atoms with E-state index in [1.54, 1.807) is 11.7 Å². The summed E-state index contributed by atoms with van der Waals surface area (Å²) in [6.45, 7) is 2.90. The van der Waals surface area contributed by atoms with Crippen molar-refractivity contribution >= 4 is 5.78 Å². The molecule has 0 unspecified atom stereocenters. The van der Waals surface area contributed by atoms with Crippen molar-refractivity contribution in [2.45, 2.75) is 13.5 Å². The lowest BCUT2D eigenvalue weighted by atomic mass is 10.3. The van der Waals surface area contributed by atoms with Gasteiger partial charge < -0.3 is 5.32 Å². The van der Waals surface area contributed by atoms with Gasteiger partial charge in [-0.2, -0.15) is 5.10 Å². The zero-order valence-corrected chi connectivity index (χ0v) is 7.24. The molecule has 1 aromatic heterocycles. The highest BCUT2D eigenvalue weighted by atomic mass is 16.1. The standard InChI is InChI=1S/C7H12N4O/c1-3-11-7(9-5-10-11)6(12)4-8-2/h5,8H,3-4H2,1-2H3. The SMILES string of the molecule is CCn1ncnc1C(=O)CNC. The first-order valence-corrected chi connectivity index (χ1v) is 3.85. The number of rotatable bonds is 4. The third-order valence-corrected chi connectivity index (χ3v) is 1.50. The van der Waals surface area contributed by atoms with Crippen molar-refractivity contribution in [3.8, 4) is 0 Å². The summed E-state index contributed by atoms with van der Waals surface area (Å²) in [7, 11) is 1.73. The number of aromatic nitrogens is 3. The Bertz CT molecular complexity index is 268. The van der Waals surface area contributed by atoms with Crippen LogP contribution in [0, 0.1) is 0 Å². The number of carbonyl (C=O) groups excluding carboxylic acids is 1.